The highest BCUT2D eigenvalue weighted by Crippen LogP contribution is 2.45. The molecule has 0 aliphatic carbocycles. The zero-order chi connectivity index (χ0) is 31.3. The molecule has 2 aliphatic heterocycles. The number of phenolic OH excluding ortho intramolecular Hbond substituents is 4. The van der Waals surface area contributed by atoms with E-state index in [9.17, 15) is 61.0 Å². The van der Waals surface area contributed by atoms with Crippen molar-refractivity contribution < 1.29 is 74.8 Å². The smallest absolute Gasteiger partial charge is 0.197 e. The van der Waals surface area contributed by atoms with Crippen molar-refractivity contribution in [1.29, 1.82) is 0 Å². The molecule has 2 saturated heterocycles. The highest BCUT2D eigenvalue weighted by Gasteiger charge is 2.52. The van der Waals surface area contributed by atoms with E-state index in [1.807, 2.05) is 0 Å². The minimum absolute atomic E-state index is 0.0884. The van der Waals surface area contributed by atoms with E-state index in [1.54, 1.807) is 0 Å². The SMILES string of the molecule is O=c1cc(-c2ccc(O)c(O)c2)oc2c([C@H]3O[C@H](CO)[C@@H](O)[C@H](O)[C@H]3O[C@H]3O[C@@H](CO)[C@@H](O)[C@@H](O)[C@@H]3O)c(O)cc(O)c12. The van der Waals surface area contributed by atoms with Gasteiger partial charge in [-0.2, -0.15) is 0 Å². The summed E-state index contributed by atoms with van der Waals surface area (Å²) >= 11 is 0. The Morgan fingerprint density at radius 2 is 1.35 bits per heavy atom. The van der Waals surface area contributed by atoms with Crippen molar-refractivity contribution in [1.82, 2.24) is 0 Å². The van der Waals surface area contributed by atoms with Gasteiger partial charge in [0.25, 0.3) is 0 Å². The average Bonchev–Trinajstić information content (AvgIpc) is 2.97. The largest absolute Gasteiger partial charge is 0.507 e. The standard InChI is InChI=1S/C27H30O16/c28-6-15-20(36)22(38)26(43-27-23(39)21(37)19(35)16(7-29)42-27)25(41-15)18-12(33)4-11(32)17-13(34)5-14(40-24(17)18)8-1-2-9(30)10(31)3-8/h1-5,15-16,19-23,25-33,35-39H,6-7H2/t15-,16+,19-,20-,21-,22+,23+,25-,26-,27-/m1/s1. The zero-order valence-corrected chi connectivity index (χ0v) is 22.0. The maximum absolute atomic E-state index is 13.2. The normalized spacial score (nSPS) is 33.1. The molecule has 16 nitrogen and oxygen atoms in total. The Bertz CT molecular complexity index is 1540. The highest BCUT2D eigenvalue weighted by molar-refractivity contribution is 5.89. The molecule has 43 heavy (non-hydrogen) atoms. The van der Waals surface area contributed by atoms with Gasteiger partial charge in [0.1, 0.15) is 77.6 Å². The molecule has 0 bridgehead atoms. The molecule has 2 aromatic carbocycles. The van der Waals surface area contributed by atoms with Crippen LogP contribution in [0, 0.1) is 0 Å². The van der Waals surface area contributed by atoms with Crippen LogP contribution in [0.15, 0.2) is 39.5 Å². The highest BCUT2D eigenvalue weighted by atomic mass is 16.7. The lowest BCUT2D eigenvalue weighted by Gasteiger charge is -2.46. The first-order valence-electron chi connectivity index (χ1n) is 13.0. The van der Waals surface area contributed by atoms with Gasteiger partial charge in [-0.05, 0) is 18.2 Å². The summed E-state index contributed by atoms with van der Waals surface area (Å²) in [5, 5.41) is 113. The first-order chi connectivity index (χ1) is 20.4. The predicted octanol–water partition coefficient (Wildman–Crippen LogP) is -2.38. The molecule has 234 valence electrons. The monoisotopic (exact) mass is 610 g/mol. The fraction of sp³-hybridized carbons (Fsp3) is 0.444. The molecule has 16 heteroatoms. The van der Waals surface area contributed by atoms with Crippen LogP contribution in [0.5, 0.6) is 23.0 Å². The van der Waals surface area contributed by atoms with Gasteiger partial charge in [-0.1, -0.05) is 0 Å². The number of fused-ring (bicyclic) bond motifs is 1. The minimum atomic E-state index is -1.95. The summed E-state index contributed by atoms with van der Waals surface area (Å²) in [6.45, 7) is -1.66. The molecule has 0 unspecified atom stereocenters. The van der Waals surface area contributed by atoms with Gasteiger partial charge < -0.3 is 74.8 Å². The number of ether oxygens (including phenoxy) is 3. The molecule has 0 saturated carbocycles. The van der Waals surface area contributed by atoms with Crippen molar-refractivity contribution in [3.63, 3.8) is 0 Å². The van der Waals surface area contributed by atoms with Crippen molar-refractivity contribution in [2.75, 3.05) is 13.2 Å². The van der Waals surface area contributed by atoms with Crippen LogP contribution in [-0.4, -0.2) is 125 Å². The molecule has 11 N–H and O–H groups in total. The van der Waals surface area contributed by atoms with Gasteiger partial charge >= 0.3 is 0 Å². The Kier molecular flexibility index (Phi) is 8.52. The average molecular weight is 611 g/mol. The number of rotatable bonds is 6. The lowest BCUT2D eigenvalue weighted by atomic mass is 9.89. The van der Waals surface area contributed by atoms with Gasteiger partial charge in [0, 0.05) is 17.7 Å². The predicted molar refractivity (Wildman–Crippen MR) is 140 cm³/mol. The third-order valence-electron chi connectivity index (χ3n) is 7.55. The molecule has 0 radical (unpaired) electrons. The van der Waals surface area contributed by atoms with Gasteiger partial charge in [-0.3, -0.25) is 4.79 Å². The molecule has 3 aromatic rings. The first kappa shape index (κ1) is 30.9. The van der Waals surface area contributed by atoms with Gasteiger partial charge in [0.05, 0.1) is 18.8 Å². The van der Waals surface area contributed by atoms with Crippen LogP contribution in [0.4, 0.5) is 0 Å². The minimum Gasteiger partial charge on any atom is -0.507 e. The fourth-order valence-corrected chi connectivity index (χ4v) is 5.22. The van der Waals surface area contributed by atoms with E-state index < -0.39 is 119 Å². The Morgan fingerprint density at radius 3 is 2.00 bits per heavy atom. The molecule has 5 rings (SSSR count). The number of aliphatic hydroxyl groups excluding tert-OH is 7. The van der Waals surface area contributed by atoms with Gasteiger partial charge in [0.15, 0.2) is 28.8 Å². The lowest BCUT2D eigenvalue weighted by Crippen LogP contribution is -2.62. The second kappa shape index (κ2) is 11.9. The zero-order valence-electron chi connectivity index (χ0n) is 22.0. The van der Waals surface area contributed by atoms with E-state index in [0.29, 0.717) is 0 Å². The van der Waals surface area contributed by atoms with E-state index in [2.05, 4.69) is 0 Å². The molecule has 0 amide bonds. The molecule has 1 aromatic heterocycles. The number of aliphatic hydroxyl groups is 7. The molecule has 0 spiro atoms. The molecule has 2 aliphatic rings. The van der Waals surface area contributed by atoms with Crippen molar-refractivity contribution >= 4 is 11.0 Å². The summed E-state index contributed by atoms with van der Waals surface area (Å²) in [6.07, 6.45) is -17.7. The van der Waals surface area contributed by atoms with Gasteiger partial charge in [-0.25, -0.2) is 0 Å². The Hall–Kier alpha value is -3.55. The van der Waals surface area contributed by atoms with Gasteiger partial charge in [-0.15, -0.1) is 0 Å². The Balaban J connectivity index is 1.67. The number of hydrogen-bond donors (Lipinski definition) is 11. The maximum Gasteiger partial charge on any atom is 0.197 e. The van der Waals surface area contributed by atoms with Crippen LogP contribution in [0.25, 0.3) is 22.3 Å². The summed E-state index contributed by atoms with van der Waals surface area (Å²) in [5.74, 6) is -2.70. The van der Waals surface area contributed by atoms with Crippen LogP contribution in [0.2, 0.25) is 0 Å². The molecular weight excluding hydrogens is 580 g/mol. The van der Waals surface area contributed by atoms with Crippen LogP contribution in [0.3, 0.4) is 0 Å². The van der Waals surface area contributed by atoms with Gasteiger partial charge in [0.2, 0.25) is 0 Å². The number of hydrogen-bond acceptors (Lipinski definition) is 16. The molecular formula is C27H30O16. The summed E-state index contributed by atoms with van der Waals surface area (Å²) < 4.78 is 22.7. The fourth-order valence-electron chi connectivity index (χ4n) is 5.22. The molecule has 10 atom stereocenters. The Labute approximate surface area is 241 Å². The van der Waals surface area contributed by atoms with Crippen molar-refractivity contribution in [3.05, 3.63) is 46.1 Å². The summed E-state index contributed by atoms with van der Waals surface area (Å²) in [6, 6.07) is 5.24. The summed E-state index contributed by atoms with van der Waals surface area (Å²) in [7, 11) is 0. The van der Waals surface area contributed by atoms with E-state index in [-0.39, 0.29) is 11.3 Å². The topological polar surface area (TPSA) is 280 Å². The maximum atomic E-state index is 13.2. The van der Waals surface area contributed by atoms with E-state index in [4.69, 9.17) is 18.6 Å². The van der Waals surface area contributed by atoms with Crippen LogP contribution in [0.1, 0.15) is 11.7 Å². The second-order valence-corrected chi connectivity index (χ2v) is 10.3. The van der Waals surface area contributed by atoms with E-state index in [1.165, 1.54) is 6.07 Å². The van der Waals surface area contributed by atoms with Crippen molar-refractivity contribution in [3.8, 4) is 34.3 Å². The summed E-state index contributed by atoms with van der Waals surface area (Å²) in [5.41, 5.74) is -1.66. The number of phenols is 4. The van der Waals surface area contributed by atoms with E-state index in [0.717, 1.165) is 24.3 Å². The first-order valence-corrected chi connectivity index (χ1v) is 13.0. The third kappa shape index (κ3) is 5.38. The quantitative estimate of drug-likeness (QED) is 0.130. The van der Waals surface area contributed by atoms with Crippen molar-refractivity contribution in [2.45, 2.75) is 61.2 Å². The second-order valence-electron chi connectivity index (χ2n) is 10.3. The van der Waals surface area contributed by atoms with Crippen molar-refractivity contribution in [2.24, 2.45) is 0 Å². The summed E-state index contributed by atoms with van der Waals surface area (Å²) in [4.78, 5) is 13.2. The third-order valence-corrected chi connectivity index (χ3v) is 7.55. The molecule has 2 fully saturated rings. The number of aromatic hydroxyl groups is 4. The van der Waals surface area contributed by atoms with Crippen LogP contribution >= 0.6 is 0 Å². The van der Waals surface area contributed by atoms with E-state index >= 15 is 0 Å². The molecule has 3 heterocycles. The van der Waals surface area contributed by atoms with Crippen LogP contribution < -0.4 is 5.43 Å². The number of benzene rings is 2. The lowest BCUT2D eigenvalue weighted by molar-refractivity contribution is -0.342. The van der Waals surface area contributed by atoms with Crippen LogP contribution in [-0.2, 0) is 14.2 Å². The Morgan fingerprint density at radius 1 is 0.698 bits per heavy atom.